The summed E-state index contributed by atoms with van der Waals surface area (Å²) < 4.78 is 4.83. The van der Waals surface area contributed by atoms with Crippen LogP contribution >= 0.6 is 28.4 Å². The Morgan fingerprint density at radius 3 is 1.35 bits per heavy atom. The molecule has 0 aliphatic heterocycles. The lowest BCUT2D eigenvalue weighted by molar-refractivity contribution is 0.162. The van der Waals surface area contributed by atoms with Crippen molar-refractivity contribution in [2.45, 2.75) is 13.8 Å². The van der Waals surface area contributed by atoms with Gasteiger partial charge in [-0.15, -0.1) is 0 Å². The van der Waals surface area contributed by atoms with E-state index in [1.165, 1.54) is 0 Å². The van der Waals surface area contributed by atoms with Crippen molar-refractivity contribution < 1.29 is 4.74 Å². The number of hydrogen-bond donors (Lipinski definition) is 0. The Kier molecular flexibility index (Phi) is 8.18. The summed E-state index contributed by atoms with van der Waals surface area (Å²) in [6.07, 6.45) is 0. The molecule has 108 valence electrons. The van der Waals surface area contributed by atoms with E-state index in [0.717, 1.165) is 23.8 Å². The van der Waals surface area contributed by atoms with Crippen LogP contribution in [0.5, 0.6) is 0 Å². The molecule has 0 fully saturated rings. The van der Waals surface area contributed by atoms with Crippen molar-refractivity contribution in [1.29, 1.82) is 0 Å². The first kappa shape index (κ1) is 17.5. The maximum atomic E-state index is 6.46. The summed E-state index contributed by atoms with van der Waals surface area (Å²) in [5, 5.41) is 2.00. The van der Waals surface area contributed by atoms with E-state index >= 15 is 0 Å². The van der Waals surface area contributed by atoms with Gasteiger partial charge in [0.15, 0.2) is 0 Å². The lowest BCUT2D eigenvalue weighted by Crippen LogP contribution is -2.13. The molecule has 2 aromatic carbocycles. The molecule has 1 nitrogen and oxygen atoms in total. The third kappa shape index (κ3) is 5.42. The average Bonchev–Trinajstić information content (AvgIpc) is 2.50. The van der Waals surface area contributed by atoms with Crippen molar-refractivity contribution in [3.63, 3.8) is 0 Å². The minimum absolute atomic E-state index is 0.844. The van der Waals surface area contributed by atoms with E-state index in [1.54, 1.807) is 0 Å². The quantitative estimate of drug-likeness (QED) is 0.717. The Morgan fingerprint density at radius 2 is 1.10 bits per heavy atom. The van der Waals surface area contributed by atoms with Crippen LogP contribution in [0.3, 0.4) is 0 Å². The monoisotopic (exact) mass is 329 g/mol. The lowest BCUT2D eigenvalue weighted by Gasteiger charge is -2.08. The summed E-state index contributed by atoms with van der Waals surface area (Å²) in [6.45, 7) is 5.67. The molecule has 0 heterocycles. The Morgan fingerprint density at radius 1 is 0.750 bits per heavy atom. The summed E-state index contributed by atoms with van der Waals surface area (Å²) in [4.78, 5) is 0. The Bertz CT molecular complexity index is 431. The van der Waals surface area contributed by atoms with Crippen LogP contribution in [0.1, 0.15) is 13.8 Å². The molecule has 0 bridgehead atoms. The van der Waals surface area contributed by atoms with Gasteiger partial charge in [-0.25, -0.2) is 0 Å². The van der Waals surface area contributed by atoms with E-state index in [4.69, 9.17) is 27.2 Å². The Labute approximate surface area is 131 Å². The smallest absolute Gasteiger partial charge is 0.275 e. The van der Waals surface area contributed by atoms with Crippen LogP contribution in [0, 0.1) is 0 Å². The molecule has 0 aliphatic carbocycles. The topological polar surface area (TPSA) is 9.23 Å². The van der Waals surface area contributed by atoms with Crippen molar-refractivity contribution in [2.75, 3.05) is 13.2 Å². The van der Waals surface area contributed by atoms with Crippen LogP contribution in [0.15, 0.2) is 60.7 Å². The van der Waals surface area contributed by atoms with Crippen molar-refractivity contribution in [1.82, 2.24) is 0 Å². The van der Waals surface area contributed by atoms with Gasteiger partial charge >= 0.3 is 0 Å². The van der Waals surface area contributed by atoms with Crippen molar-refractivity contribution in [2.24, 2.45) is 0 Å². The van der Waals surface area contributed by atoms with E-state index in [-0.39, 0.29) is 0 Å². The second-order valence-corrected chi connectivity index (χ2v) is 9.59. The van der Waals surface area contributed by atoms with Crippen molar-refractivity contribution in [3.05, 3.63) is 60.7 Å². The molecule has 0 saturated heterocycles. The summed E-state index contributed by atoms with van der Waals surface area (Å²) in [7, 11) is 0. The fourth-order valence-electron chi connectivity index (χ4n) is 1.58. The third-order valence-electron chi connectivity index (χ3n) is 2.57. The van der Waals surface area contributed by atoms with Gasteiger partial charge in [0.05, 0.1) is 0 Å². The molecular formula is C16H20Cl2OP+. The molecule has 0 aromatic heterocycles. The first-order chi connectivity index (χ1) is 9.62. The summed E-state index contributed by atoms with van der Waals surface area (Å²) in [5.41, 5.74) is 0. The Balaban J connectivity index is 0.000000347. The average molecular weight is 330 g/mol. The number of rotatable bonds is 4. The molecular weight excluding hydrogens is 310 g/mol. The van der Waals surface area contributed by atoms with Gasteiger partial charge in [0.25, 0.3) is 5.97 Å². The van der Waals surface area contributed by atoms with E-state index in [2.05, 4.69) is 0 Å². The fraction of sp³-hybridized carbons (Fsp3) is 0.250. The highest BCUT2D eigenvalue weighted by atomic mass is 35.9. The fourth-order valence-corrected chi connectivity index (χ4v) is 4.33. The van der Waals surface area contributed by atoms with E-state index < -0.39 is 5.97 Å². The first-order valence-corrected chi connectivity index (χ1v) is 10.2. The number of benzene rings is 2. The highest BCUT2D eigenvalue weighted by Gasteiger charge is 2.40. The SMILES string of the molecule is CCOCC.Cl[P+](Cl)(c1ccccc1)c1ccccc1. The largest absolute Gasteiger partial charge is 0.382 e. The molecule has 0 aliphatic rings. The third-order valence-corrected chi connectivity index (χ3v) is 6.80. The highest BCUT2D eigenvalue weighted by molar-refractivity contribution is 8.26. The molecule has 2 rings (SSSR count). The second kappa shape index (κ2) is 9.37. The zero-order chi connectivity index (χ0) is 14.8. The van der Waals surface area contributed by atoms with Gasteiger partial charge in [0.2, 0.25) is 0 Å². The maximum Gasteiger partial charge on any atom is 0.275 e. The Hall–Kier alpha value is -0.590. The lowest BCUT2D eigenvalue weighted by atomic mass is 10.4. The van der Waals surface area contributed by atoms with Gasteiger partial charge in [-0.2, -0.15) is 0 Å². The molecule has 4 heteroatoms. The van der Waals surface area contributed by atoms with Crippen LogP contribution in [-0.2, 0) is 4.74 Å². The molecule has 20 heavy (non-hydrogen) atoms. The zero-order valence-electron chi connectivity index (χ0n) is 11.8. The second-order valence-electron chi connectivity index (χ2n) is 3.97. The molecule has 0 spiro atoms. The van der Waals surface area contributed by atoms with Gasteiger partial charge < -0.3 is 4.74 Å². The van der Waals surface area contributed by atoms with E-state index in [0.29, 0.717) is 0 Å². The summed E-state index contributed by atoms with van der Waals surface area (Å²) in [6, 6.07) is 19.6. The van der Waals surface area contributed by atoms with Crippen LogP contribution in [-0.4, -0.2) is 13.2 Å². The van der Waals surface area contributed by atoms with Crippen LogP contribution in [0.2, 0.25) is 0 Å². The van der Waals surface area contributed by atoms with Crippen molar-refractivity contribution >= 4 is 39.1 Å². The number of halogens is 2. The molecule has 0 unspecified atom stereocenters. The summed E-state index contributed by atoms with van der Waals surface area (Å²) in [5.74, 6) is -2.20. The number of ether oxygens (including phenoxy) is 1. The molecule has 0 atom stereocenters. The van der Waals surface area contributed by atoms with Crippen LogP contribution in [0.25, 0.3) is 0 Å². The highest BCUT2D eigenvalue weighted by Crippen LogP contribution is 2.66. The molecule has 0 amide bonds. The van der Waals surface area contributed by atoms with Gasteiger partial charge in [-0.1, -0.05) is 36.4 Å². The minimum Gasteiger partial charge on any atom is -0.382 e. The first-order valence-electron chi connectivity index (χ1n) is 6.60. The predicted molar refractivity (Wildman–Crippen MR) is 92.9 cm³/mol. The zero-order valence-corrected chi connectivity index (χ0v) is 14.2. The van der Waals surface area contributed by atoms with Crippen LogP contribution in [0.4, 0.5) is 0 Å². The molecule has 0 radical (unpaired) electrons. The van der Waals surface area contributed by atoms with Gasteiger partial charge in [0.1, 0.15) is 33.1 Å². The van der Waals surface area contributed by atoms with Crippen molar-refractivity contribution in [3.8, 4) is 0 Å². The van der Waals surface area contributed by atoms with Gasteiger partial charge in [-0.05, 0) is 38.1 Å². The van der Waals surface area contributed by atoms with E-state index in [1.807, 2.05) is 74.5 Å². The molecule has 0 N–H and O–H groups in total. The van der Waals surface area contributed by atoms with Crippen LogP contribution < -0.4 is 10.6 Å². The summed E-state index contributed by atoms with van der Waals surface area (Å²) >= 11 is 12.9. The van der Waals surface area contributed by atoms with Gasteiger partial charge in [0, 0.05) is 13.2 Å². The standard InChI is InChI=1S/C12H10Cl2P.C4H10O/c13-15(14,11-7-3-1-4-8-11)12-9-5-2-6-10-12;1-3-5-4-2/h1-10H;3-4H2,1-2H3/q+1;. The van der Waals surface area contributed by atoms with E-state index in [9.17, 15) is 0 Å². The molecule has 2 aromatic rings. The maximum absolute atomic E-state index is 6.46. The number of hydrogen-bond acceptors (Lipinski definition) is 1. The normalized spacial score (nSPS) is 10.6. The van der Waals surface area contributed by atoms with Gasteiger partial charge in [-0.3, -0.25) is 0 Å². The molecule has 0 saturated carbocycles. The minimum atomic E-state index is -2.20. The predicted octanol–water partition coefficient (Wildman–Crippen LogP) is 5.01.